The first-order chi connectivity index (χ1) is 7.84. The maximum absolute atomic E-state index is 12.2. The fourth-order valence-electron chi connectivity index (χ4n) is 3.24. The predicted octanol–water partition coefficient (Wildman–Crippen LogP) is 0.655. The Morgan fingerprint density at radius 3 is 2.94 bits per heavy atom. The van der Waals surface area contributed by atoms with Crippen molar-refractivity contribution in [2.45, 2.75) is 25.3 Å². The average molecular weight is 261 g/mol. The zero-order chi connectivity index (χ0) is 11.0. The smallest absolute Gasteiger partial charge is 0.228 e. The van der Waals surface area contributed by atoms with Gasteiger partial charge in [0.25, 0.3) is 0 Å². The number of hydrogen-bond acceptors (Lipinski definition) is 3. The second kappa shape index (κ2) is 5.55. The summed E-state index contributed by atoms with van der Waals surface area (Å²) in [5.74, 6) is 1.17. The molecular weight excluding hydrogens is 240 g/mol. The zero-order valence-electron chi connectivity index (χ0n) is 10.1. The van der Waals surface area contributed by atoms with Gasteiger partial charge in [-0.25, -0.2) is 0 Å². The van der Waals surface area contributed by atoms with E-state index in [2.05, 4.69) is 10.2 Å². The van der Waals surface area contributed by atoms with Crippen molar-refractivity contribution in [1.29, 1.82) is 0 Å². The molecule has 5 heteroatoms. The molecule has 98 valence electrons. The second-order valence-electron chi connectivity index (χ2n) is 5.24. The predicted molar refractivity (Wildman–Crippen MR) is 67.3 cm³/mol. The number of rotatable bonds is 1. The number of likely N-dealkylation sites (tertiary alicyclic amines) is 1. The Labute approximate surface area is 108 Å². The summed E-state index contributed by atoms with van der Waals surface area (Å²) in [4.78, 5) is 14.3. The molecule has 3 rings (SSSR count). The van der Waals surface area contributed by atoms with E-state index in [-0.39, 0.29) is 18.3 Å². The van der Waals surface area contributed by atoms with Gasteiger partial charge in [-0.2, -0.15) is 0 Å². The molecule has 0 saturated carbocycles. The van der Waals surface area contributed by atoms with Gasteiger partial charge in [0.1, 0.15) is 0 Å². The van der Waals surface area contributed by atoms with Crippen LogP contribution in [0.5, 0.6) is 0 Å². The van der Waals surface area contributed by atoms with Crippen LogP contribution in [0.25, 0.3) is 0 Å². The minimum Gasteiger partial charge on any atom is -0.381 e. The van der Waals surface area contributed by atoms with Crippen LogP contribution < -0.4 is 5.32 Å². The molecule has 3 heterocycles. The minimum absolute atomic E-state index is 0. The number of fused-ring (bicyclic) bond motifs is 1. The highest BCUT2D eigenvalue weighted by Crippen LogP contribution is 2.26. The first-order valence-corrected chi connectivity index (χ1v) is 6.44. The molecule has 3 unspecified atom stereocenters. The van der Waals surface area contributed by atoms with Crippen molar-refractivity contribution in [3.63, 3.8) is 0 Å². The lowest BCUT2D eigenvalue weighted by Crippen LogP contribution is -2.48. The van der Waals surface area contributed by atoms with Gasteiger partial charge in [0.15, 0.2) is 0 Å². The normalized spacial score (nSPS) is 36.5. The molecule has 0 aliphatic carbocycles. The molecule has 17 heavy (non-hydrogen) atoms. The van der Waals surface area contributed by atoms with Crippen LogP contribution in [-0.4, -0.2) is 49.7 Å². The van der Waals surface area contributed by atoms with Crippen molar-refractivity contribution in [2.75, 3.05) is 32.8 Å². The van der Waals surface area contributed by atoms with Crippen LogP contribution in [0, 0.1) is 11.8 Å². The maximum Gasteiger partial charge on any atom is 0.228 e. The summed E-state index contributed by atoms with van der Waals surface area (Å²) in [5, 5.41) is 3.52. The van der Waals surface area contributed by atoms with Crippen molar-refractivity contribution in [1.82, 2.24) is 10.2 Å². The molecule has 4 nitrogen and oxygen atoms in total. The van der Waals surface area contributed by atoms with Crippen LogP contribution in [0.3, 0.4) is 0 Å². The van der Waals surface area contributed by atoms with Gasteiger partial charge in [-0.3, -0.25) is 4.79 Å². The molecule has 3 saturated heterocycles. The van der Waals surface area contributed by atoms with Crippen molar-refractivity contribution < 1.29 is 9.53 Å². The number of piperidine rings is 1. The van der Waals surface area contributed by atoms with Crippen molar-refractivity contribution in [3.05, 3.63) is 0 Å². The van der Waals surface area contributed by atoms with E-state index in [1.54, 1.807) is 0 Å². The van der Waals surface area contributed by atoms with Crippen LogP contribution >= 0.6 is 12.4 Å². The fourth-order valence-corrected chi connectivity index (χ4v) is 3.24. The summed E-state index contributed by atoms with van der Waals surface area (Å²) in [6.07, 6.45) is 3.28. The SMILES string of the molecule is Cl.O=C(C1CCOC1)N1CCC2NCCC2C1. The van der Waals surface area contributed by atoms with E-state index in [1.165, 1.54) is 6.42 Å². The van der Waals surface area contributed by atoms with Crippen molar-refractivity contribution >= 4 is 18.3 Å². The van der Waals surface area contributed by atoms with E-state index in [0.717, 1.165) is 39.1 Å². The van der Waals surface area contributed by atoms with Gasteiger partial charge >= 0.3 is 0 Å². The van der Waals surface area contributed by atoms with Gasteiger partial charge in [0.2, 0.25) is 5.91 Å². The first-order valence-electron chi connectivity index (χ1n) is 6.44. The highest BCUT2D eigenvalue weighted by atomic mass is 35.5. The number of carbonyl (C=O) groups excluding carboxylic acids is 1. The summed E-state index contributed by atoms with van der Waals surface area (Å²) in [7, 11) is 0. The van der Waals surface area contributed by atoms with E-state index in [1.807, 2.05) is 0 Å². The first kappa shape index (κ1) is 13.1. The number of hydrogen-bond donors (Lipinski definition) is 1. The summed E-state index contributed by atoms with van der Waals surface area (Å²) in [6.45, 7) is 4.43. The van der Waals surface area contributed by atoms with Crippen molar-refractivity contribution in [2.24, 2.45) is 11.8 Å². The van der Waals surface area contributed by atoms with Crippen LogP contribution in [0.15, 0.2) is 0 Å². The monoisotopic (exact) mass is 260 g/mol. The Balaban J connectivity index is 0.00000108. The number of halogens is 1. The molecular formula is C12H21ClN2O2. The van der Waals surface area contributed by atoms with E-state index in [0.29, 0.717) is 24.5 Å². The standard InChI is InChI=1S/C12H20N2O2.ClH/c15-12(10-3-6-16-8-10)14-5-2-11-9(7-14)1-4-13-11;/h9-11,13H,1-8H2;1H. The highest BCUT2D eigenvalue weighted by Gasteiger charge is 2.36. The third-order valence-corrected chi connectivity index (χ3v) is 4.25. The number of ether oxygens (including phenoxy) is 1. The molecule has 0 spiro atoms. The Kier molecular flexibility index (Phi) is 4.28. The zero-order valence-corrected chi connectivity index (χ0v) is 10.9. The van der Waals surface area contributed by atoms with E-state index >= 15 is 0 Å². The van der Waals surface area contributed by atoms with Gasteiger partial charge in [-0.05, 0) is 31.7 Å². The minimum atomic E-state index is 0. The summed E-state index contributed by atoms with van der Waals surface area (Å²) >= 11 is 0. The molecule has 3 atom stereocenters. The largest absolute Gasteiger partial charge is 0.381 e. The summed E-state index contributed by atoms with van der Waals surface area (Å²) in [5.41, 5.74) is 0. The van der Waals surface area contributed by atoms with E-state index < -0.39 is 0 Å². The quantitative estimate of drug-likeness (QED) is 0.753. The number of amides is 1. The third-order valence-electron chi connectivity index (χ3n) is 4.25. The second-order valence-corrected chi connectivity index (χ2v) is 5.24. The molecule has 3 aliphatic rings. The van der Waals surface area contributed by atoms with Crippen LogP contribution in [0.1, 0.15) is 19.3 Å². The van der Waals surface area contributed by atoms with Crippen LogP contribution in [0.2, 0.25) is 0 Å². The Morgan fingerprint density at radius 2 is 2.18 bits per heavy atom. The molecule has 3 aliphatic heterocycles. The molecule has 1 amide bonds. The number of nitrogens with one attached hydrogen (secondary N) is 1. The Bertz CT molecular complexity index is 282. The maximum atomic E-state index is 12.2. The van der Waals surface area contributed by atoms with Crippen LogP contribution in [-0.2, 0) is 9.53 Å². The van der Waals surface area contributed by atoms with Gasteiger partial charge in [-0.15, -0.1) is 12.4 Å². The molecule has 1 N–H and O–H groups in total. The highest BCUT2D eigenvalue weighted by molar-refractivity contribution is 5.85. The van der Waals surface area contributed by atoms with Crippen LogP contribution in [0.4, 0.5) is 0 Å². The van der Waals surface area contributed by atoms with Gasteiger partial charge < -0.3 is 15.0 Å². The third kappa shape index (κ3) is 2.59. The average Bonchev–Trinajstić information content (AvgIpc) is 2.98. The number of carbonyl (C=O) groups is 1. The van der Waals surface area contributed by atoms with Gasteiger partial charge in [-0.1, -0.05) is 0 Å². The molecule has 3 fully saturated rings. The molecule has 0 aromatic carbocycles. The van der Waals surface area contributed by atoms with Crippen molar-refractivity contribution in [3.8, 4) is 0 Å². The van der Waals surface area contributed by atoms with Gasteiger partial charge in [0.05, 0.1) is 12.5 Å². The fraction of sp³-hybridized carbons (Fsp3) is 0.917. The Hall–Kier alpha value is -0.320. The lowest BCUT2D eigenvalue weighted by Gasteiger charge is -2.36. The van der Waals surface area contributed by atoms with E-state index in [4.69, 9.17) is 4.74 Å². The molecule has 0 radical (unpaired) electrons. The molecule has 0 aromatic heterocycles. The van der Waals surface area contributed by atoms with Gasteiger partial charge in [0, 0.05) is 25.7 Å². The topological polar surface area (TPSA) is 41.6 Å². The van der Waals surface area contributed by atoms with E-state index in [9.17, 15) is 4.79 Å². The molecule has 0 bridgehead atoms. The lowest BCUT2D eigenvalue weighted by atomic mass is 9.92. The molecule has 0 aromatic rings. The lowest BCUT2D eigenvalue weighted by molar-refractivity contribution is -0.137. The number of nitrogens with zero attached hydrogens (tertiary/aromatic N) is 1. The summed E-state index contributed by atoms with van der Waals surface area (Å²) in [6, 6.07) is 0.670. The summed E-state index contributed by atoms with van der Waals surface area (Å²) < 4.78 is 5.30. The Morgan fingerprint density at radius 1 is 1.29 bits per heavy atom.